The number of ether oxygens (including phenoxy) is 7. The maximum atomic E-state index is 12.2. The molecule has 0 aromatic carbocycles. The Morgan fingerprint density at radius 3 is 1.86 bits per heavy atom. The molecule has 0 aromatic heterocycles. The van der Waals surface area contributed by atoms with Gasteiger partial charge in [0.15, 0.2) is 0 Å². The molecule has 28 heavy (non-hydrogen) atoms. The Hall–Kier alpha value is -0.420. The summed E-state index contributed by atoms with van der Waals surface area (Å²) in [6, 6.07) is 0. The van der Waals surface area contributed by atoms with Gasteiger partial charge < -0.3 is 33.2 Å². The van der Waals surface area contributed by atoms with E-state index in [1.165, 1.54) is 0 Å². The van der Waals surface area contributed by atoms with Gasteiger partial charge in [0.2, 0.25) is 0 Å². The van der Waals surface area contributed by atoms with Crippen LogP contribution in [0.5, 0.6) is 0 Å². The monoisotopic (exact) mass is 426 g/mol. The average molecular weight is 427 g/mol. The van der Waals surface area contributed by atoms with E-state index in [2.05, 4.69) is 0 Å². The van der Waals surface area contributed by atoms with Crippen molar-refractivity contribution in [3.63, 3.8) is 0 Å². The Kier molecular flexibility index (Phi) is 18.3. The molecule has 0 aliphatic rings. The number of esters is 1. The number of methoxy groups -OCH3 is 3. The summed E-state index contributed by atoms with van der Waals surface area (Å²) >= 11 is 1.65. The van der Waals surface area contributed by atoms with Crippen LogP contribution in [0, 0.1) is 5.41 Å². The molecule has 8 nitrogen and oxygen atoms in total. The molecule has 0 bridgehead atoms. The zero-order chi connectivity index (χ0) is 21.1. The van der Waals surface area contributed by atoms with Crippen LogP contribution in [0.3, 0.4) is 0 Å². The average Bonchev–Trinajstić information content (AvgIpc) is 2.67. The fourth-order valence-electron chi connectivity index (χ4n) is 1.95. The highest BCUT2D eigenvalue weighted by Gasteiger charge is 2.29. The van der Waals surface area contributed by atoms with Gasteiger partial charge in [0.1, 0.15) is 6.61 Å². The van der Waals surface area contributed by atoms with Crippen molar-refractivity contribution in [2.75, 3.05) is 92.3 Å². The van der Waals surface area contributed by atoms with Crippen LogP contribution in [0.25, 0.3) is 0 Å². The molecular formula is C19H38O8S. The Balaban J connectivity index is 3.62. The van der Waals surface area contributed by atoms with Crippen LogP contribution in [0.1, 0.15) is 13.8 Å². The SMILES string of the molecule is COCCOCCOCCOCCOC(=O)C(C)(C)CSCC(COC)OC. The van der Waals surface area contributed by atoms with E-state index in [1.807, 2.05) is 13.8 Å². The maximum absolute atomic E-state index is 12.2. The minimum Gasteiger partial charge on any atom is -0.463 e. The fraction of sp³-hybridized carbons (Fsp3) is 0.947. The predicted molar refractivity (Wildman–Crippen MR) is 109 cm³/mol. The normalized spacial score (nSPS) is 12.9. The topological polar surface area (TPSA) is 81.7 Å². The molecule has 0 aliphatic heterocycles. The van der Waals surface area contributed by atoms with Gasteiger partial charge in [-0.15, -0.1) is 0 Å². The predicted octanol–water partition coefficient (Wildman–Crippen LogP) is 1.65. The van der Waals surface area contributed by atoms with Crippen LogP contribution in [0.15, 0.2) is 0 Å². The molecule has 168 valence electrons. The van der Waals surface area contributed by atoms with Crippen molar-refractivity contribution >= 4 is 17.7 Å². The van der Waals surface area contributed by atoms with Crippen molar-refractivity contribution in [1.29, 1.82) is 0 Å². The maximum Gasteiger partial charge on any atom is 0.312 e. The van der Waals surface area contributed by atoms with Crippen LogP contribution in [0.2, 0.25) is 0 Å². The van der Waals surface area contributed by atoms with Gasteiger partial charge in [0.05, 0.1) is 64.4 Å². The van der Waals surface area contributed by atoms with Gasteiger partial charge >= 0.3 is 5.97 Å². The second kappa shape index (κ2) is 18.6. The first-order chi connectivity index (χ1) is 13.5. The van der Waals surface area contributed by atoms with E-state index in [4.69, 9.17) is 33.2 Å². The van der Waals surface area contributed by atoms with Crippen LogP contribution >= 0.6 is 11.8 Å². The molecule has 0 N–H and O–H groups in total. The van der Waals surface area contributed by atoms with E-state index in [1.54, 1.807) is 33.1 Å². The Bertz CT molecular complexity index is 368. The van der Waals surface area contributed by atoms with E-state index in [-0.39, 0.29) is 18.7 Å². The first-order valence-electron chi connectivity index (χ1n) is 9.46. The molecule has 0 aromatic rings. The number of thioether (sulfide) groups is 1. The van der Waals surface area contributed by atoms with Gasteiger partial charge in [-0.3, -0.25) is 4.79 Å². The molecule has 0 saturated carbocycles. The van der Waals surface area contributed by atoms with E-state index in [0.717, 1.165) is 5.75 Å². The first kappa shape index (κ1) is 27.6. The summed E-state index contributed by atoms with van der Waals surface area (Å²) in [6.45, 7) is 8.00. The van der Waals surface area contributed by atoms with Crippen LogP contribution in [0.4, 0.5) is 0 Å². The summed E-state index contributed by atoms with van der Waals surface area (Å²) in [5.74, 6) is 1.19. The Labute approximate surface area is 173 Å². The molecule has 0 spiro atoms. The van der Waals surface area contributed by atoms with Gasteiger partial charge in [-0.1, -0.05) is 0 Å². The fourth-order valence-corrected chi connectivity index (χ4v) is 3.19. The second-order valence-electron chi connectivity index (χ2n) is 6.68. The summed E-state index contributed by atoms with van der Waals surface area (Å²) in [5.41, 5.74) is -0.568. The lowest BCUT2D eigenvalue weighted by Crippen LogP contribution is -2.31. The number of carbonyl (C=O) groups excluding carboxylic acids is 1. The third-order valence-electron chi connectivity index (χ3n) is 3.64. The molecular weight excluding hydrogens is 388 g/mol. The number of hydrogen-bond donors (Lipinski definition) is 0. The molecule has 0 saturated heterocycles. The zero-order valence-corrected chi connectivity index (χ0v) is 18.8. The summed E-state index contributed by atoms with van der Waals surface area (Å²) in [5, 5.41) is 0. The Morgan fingerprint density at radius 1 is 0.821 bits per heavy atom. The Morgan fingerprint density at radius 2 is 1.36 bits per heavy atom. The molecule has 1 unspecified atom stereocenters. The highest BCUT2D eigenvalue weighted by molar-refractivity contribution is 7.99. The largest absolute Gasteiger partial charge is 0.463 e. The quantitative estimate of drug-likeness (QED) is 0.213. The minimum absolute atomic E-state index is 0.0226. The van der Waals surface area contributed by atoms with Gasteiger partial charge in [-0.05, 0) is 13.8 Å². The van der Waals surface area contributed by atoms with Gasteiger partial charge in [0.25, 0.3) is 0 Å². The van der Waals surface area contributed by atoms with Crippen molar-refractivity contribution < 1.29 is 38.0 Å². The van der Waals surface area contributed by atoms with E-state index >= 15 is 0 Å². The highest BCUT2D eigenvalue weighted by Crippen LogP contribution is 2.24. The lowest BCUT2D eigenvalue weighted by Gasteiger charge is -2.23. The highest BCUT2D eigenvalue weighted by atomic mass is 32.2. The van der Waals surface area contributed by atoms with E-state index < -0.39 is 5.41 Å². The summed E-state index contributed by atoms with van der Waals surface area (Å²) in [7, 11) is 4.94. The first-order valence-corrected chi connectivity index (χ1v) is 10.6. The zero-order valence-electron chi connectivity index (χ0n) is 18.0. The number of hydrogen-bond acceptors (Lipinski definition) is 9. The molecule has 0 heterocycles. The molecule has 0 radical (unpaired) electrons. The third-order valence-corrected chi connectivity index (χ3v) is 5.18. The number of rotatable bonds is 20. The van der Waals surface area contributed by atoms with Crippen LogP contribution in [-0.2, 0) is 38.0 Å². The summed E-state index contributed by atoms with van der Waals surface area (Å²) in [4.78, 5) is 12.2. The van der Waals surface area contributed by atoms with Crippen molar-refractivity contribution in [2.45, 2.75) is 20.0 Å². The van der Waals surface area contributed by atoms with E-state index in [9.17, 15) is 4.79 Å². The molecule has 0 amide bonds. The molecule has 9 heteroatoms. The lowest BCUT2D eigenvalue weighted by atomic mass is 9.97. The van der Waals surface area contributed by atoms with Crippen LogP contribution < -0.4 is 0 Å². The van der Waals surface area contributed by atoms with E-state index in [0.29, 0.717) is 58.6 Å². The van der Waals surface area contributed by atoms with Crippen molar-refractivity contribution in [3.05, 3.63) is 0 Å². The third kappa shape index (κ3) is 15.5. The lowest BCUT2D eigenvalue weighted by molar-refractivity contribution is -0.154. The second-order valence-corrected chi connectivity index (χ2v) is 7.71. The van der Waals surface area contributed by atoms with Gasteiger partial charge in [-0.2, -0.15) is 11.8 Å². The molecule has 0 rings (SSSR count). The number of carbonyl (C=O) groups is 1. The molecule has 0 aliphatic carbocycles. The van der Waals surface area contributed by atoms with Crippen molar-refractivity contribution in [2.24, 2.45) is 5.41 Å². The summed E-state index contributed by atoms with van der Waals surface area (Å²) in [6.07, 6.45) is 0.0226. The molecule has 1 atom stereocenters. The molecule has 0 fully saturated rings. The van der Waals surface area contributed by atoms with Gasteiger partial charge in [-0.25, -0.2) is 0 Å². The minimum atomic E-state index is -0.568. The van der Waals surface area contributed by atoms with Gasteiger partial charge in [0, 0.05) is 32.8 Å². The summed E-state index contributed by atoms with van der Waals surface area (Å²) < 4.78 is 36.6. The smallest absolute Gasteiger partial charge is 0.312 e. The van der Waals surface area contributed by atoms with Crippen molar-refractivity contribution in [1.82, 2.24) is 0 Å². The standard InChI is InChI=1S/C19H38O8S/c1-19(2,16-28-15-17(23-5)14-22-4)18(20)27-13-12-26-11-10-25-9-8-24-7-6-21-3/h17H,6-16H2,1-5H3. The van der Waals surface area contributed by atoms with Crippen molar-refractivity contribution in [3.8, 4) is 0 Å². The van der Waals surface area contributed by atoms with Crippen LogP contribution in [-0.4, -0.2) is 104 Å².